The fourth-order valence-corrected chi connectivity index (χ4v) is 4.80. The molecular weight excluding hydrogens is 404 g/mol. The molecule has 0 unspecified atom stereocenters. The highest BCUT2D eigenvalue weighted by Gasteiger charge is 2.23. The Kier molecular flexibility index (Phi) is 5.53. The van der Waals surface area contributed by atoms with E-state index in [0.717, 1.165) is 54.3 Å². The standard InChI is InChI=1S/C26H27ClN4/c1-18-15-30(16-20-3-7-24-25(28)8-9-29-26(24)13-20)10-11-31(18)17-19-2-4-22-14-23(27)6-5-21(22)12-19/h2-9,12-14,18H,10-11,15-17H2,1H3,(H2,28,29)/t18-/m0/s1. The third-order valence-corrected chi connectivity index (χ3v) is 6.58. The Morgan fingerprint density at radius 2 is 1.71 bits per heavy atom. The molecule has 1 atom stereocenters. The Morgan fingerprint density at radius 1 is 0.935 bits per heavy atom. The number of halogens is 1. The number of benzene rings is 3. The number of pyridine rings is 1. The molecule has 0 saturated carbocycles. The Hall–Kier alpha value is -2.66. The lowest BCUT2D eigenvalue weighted by atomic mass is 10.0. The summed E-state index contributed by atoms with van der Waals surface area (Å²) in [6, 6.07) is 21.6. The van der Waals surface area contributed by atoms with Gasteiger partial charge in [-0.1, -0.05) is 41.9 Å². The van der Waals surface area contributed by atoms with Crippen LogP contribution in [0.1, 0.15) is 18.1 Å². The van der Waals surface area contributed by atoms with E-state index in [0.29, 0.717) is 6.04 Å². The molecular formula is C26H27ClN4. The summed E-state index contributed by atoms with van der Waals surface area (Å²) >= 11 is 6.12. The molecule has 0 amide bonds. The summed E-state index contributed by atoms with van der Waals surface area (Å²) in [6.45, 7) is 7.45. The first kappa shape index (κ1) is 20.3. The van der Waals surface area contributed by atoms with Crippen LogP contribution in [0, 0.1) is 0 Å². The Bertz CT molecular complexity index is 1240. The number of nitrogen functional groups attached to an aromatic ring is 1. The van der Waals surface area contributed by atoms with Crippen molar-refractivity contribution in [2.24, 2.45) is 0 Å². The number of hydrogen-bond acceptors (Lipinski definition) is 4. The monoisotopic (exact) mass is 430 g/mol. The SMILES string of the molecule is C[C@H]1CN(Cc2ccc3c(N)ccnc3c2)CCN1Cc1ccc2cc(Cl)ccc2c1. The van der Waals surface area contributed by atoms with E-state index in [4.69, 9.17) is 17.3 Å². The van der Waals surface area contributed by atoms with Gasteiger partial charge in [0.1, 0.15) is 0 Å². The molecule has 0 aliphatic carbocycles. The highest BCUT2D eigenvalue weighted by Crippen LogP contribution is 2.24. The van der Waals surface area contributed by atoms with Gasteiger partial charge >= 0.3 is 0 Å². The van der Waals surface area contributed by atoms with Crippen molar-refractivity contribution >= 4 is 39.0 Å². The van der Waals surface area contributed by atoms with E-state index in [-0.39, 0.29) is 0 Å². The summed E-state index contributed by atoms with van der Waals surface area (Å²) in [5.74, 6) is 0. The quantitative estimate of drug-likeness (QED) is 0.475. The van der Waals surface area contributed by atoms with Crippen molar-refractivity contribution in [3.05, 3.63) is 83.0 Å². The van der Waals surface area contributed by atoms with Gasteiger partial charge in [-0.2, -0.15) is 0 Å². The molecule has 0 radical (unpaired) electrons. The molecule has 0 spiro atoms. The van der Waals surface area contributed by atoms with Crippen LogP contribution < -0.4 is 5.73 Å². The molecule has 2 N–H and O–H groups in total. The highest BCUT2D eigenvalue weighted by molar-refractivity contribution is 6.31. The minimum Gasteiger partial charge on any atom is -0.398 e. The second-order valence-electron chi connectivity index (χ2n) is 8.63. The molecule has 2 heterocycles. The molecule has 158 valence electrons. The van der Waals surface area contributed by atoms with Crippen LogP contribution in [-0.2, 0) is 13.1 Å². The van der Waals surface area contributed by atoms with Crippen LogP contribution in [0.15, 0.2) is 66.9 Å². The zero-order valence-corrected chi connectivity index (χ0v) is 18.5. The van der Waals surface area contributed by atoms with E-state index >= 15 is 0 Å². The average Bonchev–Trinajstić information content (AvgIpc) is 2.76. The molecule has 0 bridgehead atoms. The van der Waals surface area contributed by atoms with Gasteiger partial charge in [0.2, 0.25) is 0 Å². The smallest absolute Gasteiger partial charge is 0.0725 e. The first-order valence-electron chi connectivity index (χ1n) is 10.8. The van der Waals surface area contributed by atoms with Gasteiger partial charge in [-0.05, 0) is 59.2 Å². The first-order chi connectivity index (χ1) is 15.0. The third kappa shape index (κ3) is 4.38. The zero-order valence-electron chi connectivity index (χ0n) is 17.8. The predicted octanol–water partition coefficient (Wildman–Crippen LogP) is 5.33. The van der Waals surface area contributed by atoms with Gasteiger partial charge in [0.05, 0.1) is 5.52 Å². The van der Waals surface area contributed by atoms with E-state index in [2.05, 4.69) is 64.2 Å². The molecule has 31 heavy (non-hydrogen) atoms. The number of rotatable bonds is 4. The lowest BCUT2D eigenvalue weighted by molar-refractivity contribution is 0.0733. The Balaban J connectivity index is 1.24. The first-order valence-corrected chi connectivity index (χ1v) is 11.2. The summed E-state index contributed by atoms with van der Waals surface area (Å²) in [5, 5.41) is 4.26. The normalized spacial score (nSPS) is 18.1. The summed E-state index contributed by atoms with van der Waals surface area (Å²) in [6.07, 6.45) is 1.78. The predicted molar refractivity (Wildman–Crippen MR) is 130 cm³/mol. The van der Waals surface area contributed by atoms with Crippen molar-refractivity contribution in [1.82, 2.24) is 14.8 Å². The van der Waals surface area contributed by atoms with Crippen molar-refractivity contribution in [2.75, 3.05) is 25.4 Å². The second-order valence-corrected chi connectivity index (χ2v) is 9.07. The molecule has 1 aliphatic rings. The van der Waals surface area contributed by atoms with Gasteiger partial charge in [0.15, 0.2) is 0 Å². The number of fused-ring (bicyclic) bond motifs is 2. The minimum atomic E-state index is 0.504. The van der Waals surface area contributed by atoms with Gasteiger partial charge < -0.3 is 5.73 Å². The van der Waals surface area contributed by atoms with Gasteiger partial charge in [-0.3, -0.25) is 14.8 Å². The van der Waals surface area contributed by atoms with Crippen molar-refractivity contribution in [1.29, 1.82) is 0 Å². The van der Waals surface area contributed by atoms with Crippen LogP contribution in [0.25, 0.3) is 21.7 Å². The summed E-state index contributed by atoms with van der Waals surface area (Å²) in [4.78, 5) is 9.60. The maximum absolute atomic E-state index is 6.12. The molecule has 4 nitrogen and oxygen atoms in total. The van der Waals surface area contributed by atoms with Gasteiger partial charge in [0.25, 0.3) is 0 Å². The largest absolute Gasteiger partial charge is 0.398 e. The minimum absolute atomic E-state index is 0.504. The second kappa shape index (κ2) is 8.46. The maximum Gasteiger partial charge on any atom is 0.0725 e. The number of aromatic nitrogens is 1. The molecule has 3 aromatic carbocycles. The van der Waals surface area contributed by atoms with Crippen molar-refractivity contribution in [3.63, 3.8) is 0 Å². The van der Waals surface area contributed by atoms with Gasteiger partial charge in [-0.25, -0.2) is 0 Å². The Labute approximate surface area is 188 Å². The van der Waals surface area contributed by atoms with Crippen molar-refractivity contribution in [3.8, 4) is 0 Å². The van der Waals surface area contributed by atoms with Crippen molar-refractivity contribution < 1.29 is 0 Å². The molecule has 5 rings (SSSR count). The summed E-state index contributed by atoms with van der Waals surface area (Å²) < 4.78 is 0. The summed E-state index contributed by atoms with van der Waals surface area (Å²) in [5.41, 5.74) is 10.5. The Morgan fingerprint density at radius 3 is 2.58 bits per heavy atom. The van der Waals surface area contributed by atoms with Crippen LogP contribution in [0.4, 0.5) is 5.69 Å². The van der Waals surface area contributed by atoms with Crippen LogP contribution in [0.5, 0.6) is 0 Å². The fourth-order valence-electron chi connectivity index (χ4n) is 4.62. The summed E-state index contributed by atoms with van der Waals surface area (Å²) in [7, 11) is 0. The maximum atomic E-state index is 6.12. The molecule has 1 fully saturated rings. The molecule has 4 aromatic rings. The van der Waals surface area contributed by atoms with E-state index in [1.54, 1.807) is 6.20 Å². The number of nitrogens with two attached hydrogens (primary N) is 1. The van der Waals surface area contributed by atoms with E-state index < -0.39 is 0 Å². The average molecular weight is 431 g/mol. The third-order valence-electron chi connectivity index (χ3n) is 6.35. The lowest BCUT2D eigenvalue weighted by Gasteiger charge is -2.40. The van der Waals surface area contributed by atoms with Crippen LogP contribution >= 0.6 is 11.6 Å². The van der Waals surface area contributed by atoms with Gasteiger partial charge in [-0.15, -0.1) is 0 Å². The fraction of sp³-hybridized carbons (Fsp3) is 0.269. The molecule has 1 aromatic heterocycles. The number of anilines is 1. The topological polar surface area (TPSA) is 45.4 Å². The number of piperazine rings is 1. The van der Waals surface area contributed by atoms with Gasteiger partial charge in [0, 0.05) is 61.1 Å². The van der Waals surface area contributed by atoms with Crippen LogP contribution in [-0.4, -0.2) is 40.5 Å². The highest BCUT2D eigenvalue weighted by atomic mass is 35.5. The van der Waals surface area contributed by atoms with Crippen LogP contribution in [0.2, 0.25) is 5.02 Å². The number of hydrogen-bond donors (Lipinski definition) is 1. The molecule has 1 saturated heterocycles. The van der Waals surface area contributed by atoms with E-state index in [9.17, 15) is 0 Å². The van der Waals surface area contributed by atoms with Crippen molar-refractivity contribution in [2.45, 2.75) is 26.1 Å². The zero-order chi connectivity index (χ0) is 21.4. The number of nitrogens with zero attached hydrogens (tertiary/aromatic N) is 3. The molecule has 5 heteroatoms. The molecule has 1 aliphatic heterocycles. The van der Waals surface area contributed by atoms with E-state index in [1.807, 2.05) is 18.2 Å². The van der Waals surface area contributed by atoms with Crippen LogP contribution in [0.3, 0.4) is 0 Å². The lowest BCUT2D eigenvalue weighted by Crippen LogP contribution is -2.50. The van der Waals surface area contributed by atoms with E-state index in [1.165, 1.54) is 21.9 Å².